The Morgan fingerprint density at radius 3 is 2.83 bits per heavy atom. The first kappa shape index (κ1) is 12.8. The fourth-order valence-corrected chi connectivity index (χ4v) is 1.61. The normalized spacial score (nSPS) is 10.1. The van der Waals surface area contributed by atoms with Gasteiger partial charge in [-0.3, -0.25) is 4.79 Å². The summed E-state index contributed by atoms with van der Waals surface area (Å²) in [6.07, 6.45) is 2.50. The molecule has 0 aliphatic rings. The highest BCUT2D eigenvalue weighted by molar-refractivity contribution is 9.10. The van der Waals surface area contributed by atoms with Gasteiger partial charge in [0, 0.05) is 6.20 Å². The van der Waals surface area contributed by atoms with Gasteiger partial charge in [-0.15, -0.1) is 0 Å². The van der Waals surface area contributed by atoms with E-state index in [9.17, 15) is 9.59 Å². The van der Waals surface area contributed by atoms with Crippen LogP contribution in [0.5, 0.6) is 0 Å². The third kappa shape index (κ3) is 2.96. The summed E-state index contributed by atoms with van der Waals surface area (Å²) in [5.41, 5.74) is -0.339. The molecular weight excluding hydrogens is 323 g/mol. The number of carbonyl (C=O) groups is 1. The number of rotatable bonds is 2. The predicted molar refractivity (Wildman–Crippen MR) is 69.9 cm³/mol. The Morgan fingerprint density at radius 2 is 2.22 bits per heavy atom. The second-order valence-electron chi connectivity index (χ2n) is 3.29. The molecule has 5 nitrogen and oxygen atoms in total. The number of amides is 1. The Labute approximate surface area is 115 Å². The summed E-state index contributed by atoms with van der Waals surface area (Å²) in [5.74, 6) is -0.0824. The van der Waals surface area contributed by atoms with Gasteiger partial charge in [-0.05, 0) is 34.1 Å². The lowest BCUT2D eigenvalue weighted by Crippen LogP contribution is -2.14. The van der Waals surface area contributed by atoms with Crippen LogP contribution in [0.2, 0.25) is 5.02 Å². The summed E-state index contributed by atoms with van der Waals surface area (Å²) in [6, 6.07) is 4.54. The Morgan fingerprint density at radius 1 is 1.44 bits per heavy atom. The van der Waals surface area contributed by atoms with Crippen LogP contribution in [0.4, 0.5) is 5.82 Å². The average Bonchev–Trinajstić information content (AvgIpc) is 2.35. The lowest BCUT2D eigenvalue weighted by molar-refractivity contribution is 0.102. The van der Waals surface area contributed by atoms with Gasteiger partial charge in [0.25, 0.3) is 5.91 Å². The van der Waals surface area contributed by atoms with Crippen molar-refractivity contribution in [3.8, 4) is 0 Å². The number of carbonyl (C=O) groups excluding carboxylic acids is 1. The zero-order chi connectivity index (χ0) is 13.1. The van der Waals surface area contributed by atoms with Crippen molar-refractivity contribution in [1.29, 1.82) is 0 Å². The zero-order valence-corrected chi connectivity index (χ0v) is 11.2. The summed E-state index contributed by atoms with van der Waals surface area (Å²) in [6.45, 7) is 0. The van der Waals surface area contributed by atoms with Crippen LogP contribution in [0.15, 0.2) is 44.3 Å². The number of nitrogens with zero attached hydrogens (tertiary/aromatic N) is 1. The van der Waals surface area contributed by atoms with Crippen molar-refractivity contribution >= 4 is 39.3 Å². The van der Waals surface area contributed by atoms with E-state index in [2.05, 4.69) is 30.6 Å². The molecule has 0 fully saturated rings. The second-order valence-corrected chi connectivity index (χ2v) is 4.58. The smallest absolute Gasteiger partial charge is 0.350 e. The van der Waals surface area contributed by atoms with Crippen LogP contribution in [-0.2, 0) is 0 Å². The van der Waals surface area contributed by atoms with Gasteiger partial charge in [0.2, 0.25) is 0 Å². The van der Waals surface area contributed by atoms with Crippen molar-refractivity contribution in [2.45, 2.75) is 0 Å². The molecule has 0 radical (unpaired) electrons. The molecule has 18 heavy (non-hydrogen) atoms. The fourth-order valence-electron chi connectivity index (χ4n) is 1.16. The predicted octanol–water partition coefficient (Wildman–Crippen LogP) is 2.70. The van der Waals surface area contributed by atoms with Gasteiger partial charge in [-0.25, -0.2) is 9.78 Å². The number of hydrogen-bond acceptors (Lipinski definition) is 4. The minimum atomic E-state index is -0.545. The number of hydrogen-bond donors (Lipinski definition) is 1. The number of aromatic nitrogens is 1. The highest BCUT2D eigenvalue weighted by Gasteiger charge is 2.10. The summed E-state index contributed by atoms with van der Waals surface area (Å²) in [4.78, 5) is 26.7. The molecule has 2 aromatic heterocycles. The van der Waals surface area contributed by atoms with E-state index in [-0.39, 0.29) is 10.0 Å². The topological polar surface area (TPSA) is 72.2 Å². The first-order valence-corrected chi connectivity index (χ1v) is 5.94. The van der Waals surface area contributed by atoms with Gasteiger partial charge >= 0.3 is 5.63 Å². The minimum absolute atomic E-state index is 0.180. The van der Waals surface area contributed by atoms with Crippen molar-refractivity contribution in [2.75, 3.05) is 5.32 Å². The summed E-state index contributed by atoms with van der Waals surface area (Å²) in [5, 5.41) is 3.01. The van der Waals surface area contributed by atoms with Crippen LogP contribution in [0.3, 0.4) is 0 Å². The number of nitrogens with one attached hydrogen (secondary N) is 1. The molecule has 0 aliphatic carbocycles. The second kappa shape index (κ2) is 5.32. The van der Waals surface area contributed by atoms with E-state index in [4.69, 9.17) is 11.6 Å². The quantitative estimate of drug-likeness (QED) is 0.919. The number of pyridine rings is 1. The van der Waals surface area contributed by atoms with E-state index < -0.39 is 11.5 Å². The lowest BCUT2D eigenvalue weighted by Gasteiger charge is -2.03. The van der Waals surface area contributed by atoms with Gasteiger partial charge in [-0.2, -0.15) is 0 Å². The molecule has 0 saturated carbocycles. The van der Waals surface area contributed by atoms with Gasteiger partial charge in [0.05, 0.1) is 10.6 Å². The molecule has 0 aromatic carbocycles. The molecule has 1 amide bonds. The van der Waals surface area contributed by atoms with Crippen LogP contribution in [0.25, 0.3) is 0 Å². The molecule has 0 bridgehead atoms. The third-order valence-electron chi connectivity index (χ3n) is 2.00. The van der Waals surface area contributed by atoms with Crippen LogP contribution >= 0.6 is 27.5 Å². The SMILES string of the molecule is O=C(Nc1ccc(Cl)cn1)c1coc(=O)c(Br)c1. The number of halogens is 2. The lowest BCUT2D eigenvalue weighted by atomic mass is 10.3. The standard InChI is InChI=1S/C11H6BrClN2O3/c12-8-3-6(5-18-11(8)17)10(16)15-9-2-1-7(13)4-14-9/h1-5H,(H,14,15,16). The molecule has 92 valence electrons. The molecule has 0 aliphatic heterocycles. The summed E-state index contributed by atoms with van der Waals surface area (Å²) in [7, 11) is 0. The van der Waals surface area contributed by atoms with Crippen molar-refractivity contribution in [2.24, 2.45) is 0 Å². The minimum Gasteiger partial charge on any atom is -0.430 e. The largest absolute Gasteiger partial charge is 0.430 e. The fraction of sp³-hybridized carbons (Fsp3) is 0. The monoisotopic (exact) mass is 328 g/mol. The maximum atomic E-state index is 11.8. The van der Waals surface area contributed by atoms with E-state index in [0.29, 0.717) is 10.8 Å². The molecule has 1 N–H and O–H groups in total. The average molecular weight is 330 g/mol. The van der Waals surface area contributed by atoms with Crippen molar-refractivity contribution in [3.05, 3.63) is 56.1 Å². The van der Waals surface area contributed by atoms with E-state index in [1.165, 1.54) is 12.3 Å². The van der Waals surface area contributed by atoms with Gasteiger partial charge < -0.3 is 9.73 Å². The van der Waals surface area contributed by atoms with Gasteiger partial charge in [0.1, 0.15) is 16.6 Å². The van der Waals surface area contributed by atoms with Gasteiger partial charge in [0.15, 0.2) is 0 Å². The zero-order valence-electron chi connectivity index (χ0n) is 8.81. The molecule has 0 spiro atoms. The van der Waals surface area contributed by atoms with E-state index >= 15 is 0 Å². The maximum absolute atomic E-state index is 11.8. The van der Waals surface area contributed by atoms with Crippen LogP contribution in [0, 0.1) is 0 Å². The van der Waals surface area contributed by atoms with Crippen molar-refractivity contribution < 1.29 is 9.21 Å². The molecule has 2 heterocycles. The molecule has 2 rings (SSSR count). The van der Waals surface area contributed by atoms with E-state index in [1.54, 1.807) is 12.1 Å². The molecule has 7 heteroatoms. The Kier molecular flexibility index (Phi) is 3.78. The van der Waals surface area contributed by atoms with Crippen LogP contribution in [-0.4, -0.2) is 10.9 Å². The maximum Gasteiger partial charge on any atom is 0.350 e. The van der Waals surface area contributed by atoms with Crippen molar-refractivity contribution in [3.63, 3.8) is 0 Å². The highest BCUT2D eigenvalue weighted by Crippen LogP contribution is 2.12. The van der Waals surface area contributed by atoms with E-state index in [1.807, 2.05) is 0 Å². The van der Waals surface area contributed by atoms with Gasteiger partial charge in [-0.1, -0.05) is 11.6 Å². The Bertz CT molecular complexity index is 639. The number of anilines is 1. The summed E-state index contributed by atoms with van der Waals surface area (Å²) >= 11 is 8.66. The molecule has 0 atom stereocenters. The summed E-state index contributed by atoms with van der Waals surface area (Å²) < 4.78 is 4.84. The third-order valence-corrected chi connectivity index (χ3v) is 2.78. The van der Waals surface area contributed by atoms with Crippen LogP contribution < -0.4 is 10.9 Å². The Hall–Kier alpha value is -1.66. The van der Waals surface area contributed by atoms with Crippen molar-refractivity contribution in [1.82, 2.24) is 4.98 Å². The molecule has 0 unspecified atom stereocenters. The molecule has 2 aromatic rings. The van der Waals surface area contributed by atoms with Crippen LogP contribution in [0.1, 0.15) is 10.4 Å². The Balaban J connectivity index is 2.19. The highest BCUT2D eigenvalue weighted by atomic mass is 79.9. The first-order valence-electron chi connectivity index (χ1n) is 4.77. The van der Waals surface area contributed by atoms with E-state index in [0.717, 1.165) is 6.26 Å². The molecule has 0 saturated heterocycles. The first-order chi connectivity index (χ1) is 8.56. The molecular formula is C11H6BrClN2O3.